The van der Waals surface area contributed by atoms with Crippen molar-refractivity contribution >= 4 is 47.0 Å². The summed E-state index contributed by atoms with van der Waals surface area (Å²) in [7, 11) is -5.36. The Morgan fingerprint density at radius 2 is 1.67 bits per heavy atom. The van der Waals surface area contributed by atoms with Gasteiger partial charge in [-0.25, -0.2) is 17.7 Å². The van der Waals surface area contributed by atoms with E-state index in [-0.39, 0.29) is 6.10 Å². The number of hydrogen-bond acceptors (Lipinski definition) is 6. The lowest BCUT2D eigenvalue weighted by Gasteiger charge is -2.32. The van der Waals surface area contributed by atoms with Crippen LogP contribution in [0.4, 0.5) is 0 Å². The van der Waals surface area contributed by atoms with E-state index in [1.807, 2.05) is 34.6 Å². The van der Waals surface area contributed by atoms with Gasteiger partial charge in [0.2, 0.25) is 0 Å². The molecule has 9 heteroatoms. The molecule has 0 N–H and O–H groups in total. The number of ether oxygens (including phenoxy) is 1. The van der Waals surface area contributed by atoms with E-state index < -0.39 is 19.5 Å². The first-order valence-electron chi connectivity index (χ1n) is 9.55. The van der Waals surface area contributed by atoms with E-state index in [4.69, 9.17) is 4.74 Å². The second-order valence-corrected chi connectivity index (χ2v) is 13.1. The molecule has 160 valence electrons. The lowest BCUT2D eigenvalue weighted by molar-refractivity contribution is 0.137. The van der Waals surface area contributed by atoms with Crippen LogP contribution in [0.1, 0.15) is 12.8 Å². The van der Waals surface area contributed by atoms with Gasteiger partial charge in [-0.1, -0.05) is 29.5 Å². The highest BCUT2D eigenvalue weighted by Gasteiger charge is 2.24. The molecule has 2 heterocycles. The van der Waals surface area contributed by atoms with Crippen LogP contribution in [0, 0.1) is 0 Å². The standard InChI is InChI=1S/C21H24N2O4S3/c1-29(2,24)23-12-10-17(11-13-23)27-21-22-19-9-6-16(14-20(19)28-21)15-4-7-18(8-5-15)30(3,25)26/h4-9,14,17H,1,10-13H2,2-3H3. The van der Waals surface area contributed by atoms with Gasteiger partial charge in [-0.15, -0.1) is 0 Å². The lowest BCUT2D eigenvalue weighted by Crippen LogP contribution is -2.41. The number of fused-ring (bicyclic) bond motifs is 1. The molecule has 0 aliphatic carbocycles. The van der Waals surface area contributed by atoms with Gasteiger partial charge in [0.25, 0.3) is 5.19 Å². The van der Waals surface area contributed by atoms with Crippen LogP contribution < -0.4 is 4.74 Å². The van der Waals surface area contributed by atoms with Crippen molar-refractivity contribution in [2.45, 2.75) is 23.8 Å². The summed E-state index contributed by atoms with van der Waals surface area (Å²) in [4.78, 5) is 4.90. The third kappa shape index (κ3) is 4.69. The molecule has 30 heavy (non-hydrogen) atoms. The Morgan fingerprint density at radius 3 is 2.27 bits per heavy atom. The minimum atomic E-state index is -3.21. The maximum Gasteiger partial charge on any atom is 0.274 e. The third-order valence-electron chi connectivity index (χ3n) is 5.20. The third-order valence-corrected chi connectivity index (χ3v) is 8.69. The molecule has 6 nitrogen and oxygen atoms in total. The van der Waals surface area contributed by atoms with E-state index in [9.17, 15) is 12.6 Å². The normalized spacial score (nSPS) is 18.3. The minimum Gasteiger partial charge on any atom is -0.467 e. The summed E-state index contributed by atoms with van der Waals surface area (Å²) in [5, 5.41) is 0.639. The molecule has 1 atom stereocenters. The van der Waals surface area contributed by atoms with Crippen LogP contribution in [0.2, 0.25) is 0 Å². The molecule has 1 saturated heterocycles. The number of rotatable bonds is 5. The van der Waals surface area contributed by atoms with E-state index in [0.717, 1.165) is 34.2 Å². The average molecular weight is 465 g/mol. The summed E-state index contributed by atoms with van der Waals surface area (Å²) in [5.41, 5.74) is 2.82. The van der Waals surface area contributed by atoms with Crippen molar-refractivity contribution in [3.8, 4) is 16.3 Å². The molecule has 1 fully saturated rings. The van der Waals surface area contributed by atoms with Crippen LogP contribution in [-0.4, -0.2) is 59.5 Å². The second-order valence-electron chi connectivity index (χ2n) is 7.66. The maximum absolute atomic E-state index is 12.1. The predicted molar refractivity (Wildman–Crippen MR) is 125 cm³/mol. The average Bonchev–Trinajstić information content (AvgIpc) is 3.08. The Bertz CT molecular complexity index is 1270. The van der Waals surface area contributed by atoms with Crippen molar-refractivity contribution in [2.24, 2.45) is 0 Å². The monoisotopic (exact) mass is 464 g/mol. The fourth-order valence-electron chi connectivity index (χ4n) is 3.51. The highest BCUT2D eigenvalue weighted by atomic mass is 32.2. The van der Waals surface area contributed by atoms with Crippen molar-refractivity contribution in [1.29, 1.82) is 0 Å². The largest absolute Gasteiger partial charge is 0.467 e. The van der Waals surface area contributed by atoms with Gasteiger partial charge in [0.05, 0.1) is 15.1 Å². The van der Waals surface area contributed by atoms with E-state index in [1.54, 1.807) is 18.4 Å². The summed E-state index contributed by atoms with van der Waals surface area (Å²) in [6.07, 6.45) is 4.54. The quantitative estimate of drug-likeness (QED) is 0.541. The Morgan fingerprint density at radius 1 is 1.03 bits per heavy atom. The summed E-state index contributed by atoms with van der Waals surface area (Å²) in [5.74, 6) is 3.75. The van der Waals surface area contributed by atoms with E-state index in [1.165, 1.54) is 17.6 Å². The first kappa shape index (κ1) is 21.3. The second kappa shape index (κ2) is 7.96. The zero-order valence-electron chi connectivity index (χ0n) is 16.9. The first-order valence-corrected chi connectivity index (χ1v) is 14.3. The highest BCUT2D eigenvalue weighted by molar-refractivity contribution is 7.97. The summed E-state index contributed by atoms with van der Waals surface area (Å²) < 4.78 is 44.4. The van der Waals surface area contributed by atoms with Crippen LogP contribution in [0.15, 0.2) is 47.4 Å². The molecule has 1 aliphatic heterocycles. The van der Waals surface area contributed by atoms with E-state index in [2.05, 4.69) is 10.9 Å². The van der Waals surface area contributed by atoms with Crippen molar-refractivity contribution in [3.05, 3.63) is 42.5 Å². The predicted octanol–water partition coefficient (Wildman–Crippen LogP) is 3.47. The zero-order valence-corrected chi connectivity index (χ0v) is 19.4. The molecule has 2 aromatic carbocycles. The van der Waals surface area contributed by atoms with Crippen molar-refractivity contribution < 1.29 is 17.4 Å². The van der Waals surface area contributed by atoms with Gasteiger partial charge >= 0.3 is 0 Å². The molecular formula is C21H24N2O4S3. The Hall–Kier alpha value is -1.94. The summed E-state index contributed by atoms with van der Waals surface area (Å²) in [6, 6.07) is 12.9. The number of benzene rings is 2. The van der Waals surface area contributed by atoms with Gasteiger partial charge in [0, 0.05) is 35.3 Å². The number of thiazole rings is 1. The molecule has 0 radical (unpaired) electrons. The van der Waals surface area contributed by atoms with Gasteiger partial charge in [-0.2, -0.15) is 0 Å². The molecule has 4 rings (SSSR count). The molecule has 1 aliphatic rings. The van der Waals surface area contributed by atoms with E-state index >= 15 is 0 Å². The van der Waals surface area contributed by atoms with Crippen molar-refractivity contribution in [3.63, 3.8) is 0 Å². The molecule has 3 aromatic rings. The summed E-state index contributed by atoms with van der Waals surface area (Å²) >= 11 is 1.50. The minimum absolute atomic E-state index is 0.0616. The van der Waals surface area contributed by atoms with Crippen molar-refractivity contribution in [1.82, 2.24) is 9.29 Å². The topological polar surface area (TPSA) is 76.6 Å². The first-order chi connectivity index (χ1) is 14.1. The SMILES string of the molecule is C=S(C)(=O)N1CCC(Oc2nc3ccc(-c4ccc(S(C)(=O)=O)cc4)cc3s2)CC1. The molecule has 1 unspecified atom stereocenters. The lowest BCUT2D eigenvalue weighted by atomic mass is 10.1. The van der Waals surface area contributed by atoms with Gasteiger partial charge < -0.3 is 4.74 Å². The van der Waals surface area contributed by atoms with Gasteiger partial charge in [0.15, 0.2) is 9.84 Å². The van der Waals surface area contributed by atoms with Gasteiger partial charge in [-0.3, -0.25) is 4.21 Å². The Balaban J connectivity index is 1.49. The molecule has 0 amide bonds. The Labute approximate surface area is 181 Å². The molecule has 0 saturated carbocycles. The number of nitrogens with zero attached hydrogens (tertiary/aromatic N) is 2. The number of sulfone groups is 1. The van der Waals surface area contributed by atoms with Gasteiger partial charge in [0.1, 0.15) is 6.10 Å². The molecule has 1 aromatic heterocycles. The number of piperidine rings is 1. The smallest absolute Gasteiger partial charge is 0.274 e. The van der Waals surface area contributed by atoms with Crippen molar-refractivity contribution in [2.75, 3.05) is 25.6 Å². The highest BCUT2D eigenvalue weighted by Crippen LogP contribution is 2.33. The Kier molecular flexibility index (Phi) is 5.65. The van der Waals surface area contributed by atoms with Crippen LogP contribution in [0.25, 0.3) is 21.3 Å². The van der Waals surface area contributed by atoms with E-state index in [0.29, 0.717) is 23.2 Å². The molecule has 0 spiro atoms. The fourth-order valence-corrected chi connectivity index (χ4v) is 6.04. The molecular weight excluding hydrogens is 440 g/mol. The zero-order chi connectivity index (χ0) is 21.5. The van der Waals surface area contributed by atoms with Crippen LogP contribution in [0.3, 0.4) is 0 Å². The number of aromatic nitrogens is 1. The van der Waals surface area contributed by atoms with Gasteiger partial charge in [-0.05, 0) is 54.1 Å². The number of hydrogen-bond donors (Lipinski definition) is 0. The molecule has 0 bridgehead atoms. The van der Waals surface area contributed by atoms with Crippen LogP contribution >= 0.6 is 11.3 Å². The maximum atomic E-state index is 12.1. The summed E-state index contributed by atoms with van der Waals surface area (Å²) in [6.45, 7) is 1.42. The fraction of sp³-hybridized carbons (Fsp3) is 0.333. The van der Waals surface area contributed by atoms with Crippen LogP contribution in [0.5, 0.6) is 5.19 Å². The van der Waals surface area contributed by atoms with Crippen LogP contribution in [-0.2, 0) is 19.5 Å².